The van der Waals surface area contributed by atoms with Crippen LogP contribution < -0.4 is 0 Å². The van der Waals surface area contributed by atoms with Gasteiger partial charge in [-0.25, -0.2) is 4.79 Å². The minimum absolute atomic E-state index is 0.350. The normalized spacial score (nSPS) is 26.8. The average molecular weight is 172 g/mol. The summed E-state index contributed by atoms with van der Waals surface area (Å²) < 4.78 is 0. The molecule has 1 aliphatic rings. The molecule has 0 aromatic heterocycles. The summed E-state index contributed by atoms with van der Waals surface area (Å²) in [6, 6.07) is -1.09. The van der Waals surface area contributed by atoms with Crippen LogP contribution in [0.1, 0.15) is 6.92 Å². The van der Waals surface area contributed by atoms with Gasteiger partial charge in [0.05, 0.1) is 6.10 Å². The van der Waals surface area contributed by atoms with E-state index in [-0.39, 0.29) is 11.9 Å². The molecule has 1 saturated heterocycles. The summed E-state index contributed by atoms with van der Waals surface area (Å²) >= 11 is 0. The monoisotopic (exact) mass is 172 g/mol. The molecule has 1 rings (SSSR count). The number of hydrogen-bond acceptors (Lipinski definition) is 3. The molecule has 0 aliphatic carbocycles. The van der Waals surface area contributed by atoms with Gasteiger partial charge in [-0.2, -0.15) is 0 Å². The first kappa shape index (κ1) is 8.99. The molecule has 0 bridgehead atoms. The summed E-state index contributed by atoms with van der Waals surface area (Å²) in [7, 11) is 2.91. The van der Waals surface area contributed by atoms with Crippen molar-refractivity contribution >= 4 is 11.9 Å². The number of nitrogens with zero attached hydrogens (tertiary/aromatic N) is 2. The van der Waals surface area contributed by atoms with Gasteiger partial charge in [-0.15, -0.1) is 0 Å². The zero-order chi connectivity index (χ0) is 9.46. The fourth-order valence-corrected chi connectivity index (χ4v) is 1.34. The number of amides is 3. The maximum absolute atomic E-state index is 11.3. The van der Waals surface area contributed by atoms with Crippen LogP contribution in [-0.2, 0) is 4.79 Å². The summed E-state index contributed by atoms with van der Waals surface area (Å²) in [6.07, 6.45) is -0.823. The van der Waals surface area contributed by atoms with Crippen LogP contribution in [0.3, 0.4) is 0 Å². The Labute approximate surface area is 70.6 Å². The molecule has 0 spiro atoms. The van der Waals surface area contributed by atoms with E-state index < -0.39 is 12.1 Å². The number of urea groups is 1. The highest BCUT2D eigenvalue weighted by Crippen LogP contribution is 2.16. The van der Waals surface area contributed by atoms with Crippen LogP contribution in [0, 0.1) is 0 Å². The molecule has 1 heterocycles. The number of carbonyl (C=O) groups is 2. The smallest absolute Gasteiger partial charge is 0.327 e. The Kier molecular flexibility index (Phi) is 2.06. The van der Waals surface area contributed by atoms with Crippen LogP contribution in [0.5, 0.6) is 0 Å². The molecule has 5 nitrogen and oxygen atoms in total. The maximum Gasteiger partial charge on any atom is 0.327 e. The molecule has 0 radical (unpaired) electrons. The van der Waals surface area contributed by atoms with Crippen molar-refractivity contribution in [3.63, 3.8) is 0 Å². The lowest BCUT2D eigenvalue weighted by atomic mass is 10.2. The first-order valence-electron chi connectivity index (χ1n) is 3.69. The third-order valence-corrected chi connectivity index (χ3v) is 2.05. The minimum Gasteiger partial charge on any atom is -0.391 e. The highest BCUT2D eigenvalue weighted by atomic mass is 16.3. The van der Waals surface area contributed by atoms with Gasteiger partial charge in [-0.05, 0) is 6.92 Å². The molecule has 2 atom stereocenters. The molecule has 0 aromatic carbocycles. The van der Waals surface area contributed by atoms with Gasteiger partial charge >= 0.3 is 6.03 Å². The molecule has 1 aliphatic heterocycles. The van der Waals surface area contributed by atoms with Gasteiger partial charge in [0.1, 0.15) is 6.04 Å². The zero-order valence-electron chi connectivity index (χ0n) is 7.31. The largest absolute Gasteiger partial charge is 0.391 e. The molecule has 12 heavy (non-hydrogen) atoms. The van der Waals surface area contributed by atoms with E-state index >= 15 is 0 Å². The third kappa shape index (κ3) is 1.06. The second kappa shape index (κ2) is 2.75. The van der Waals surface area contributed by atoms with E-state index in [0.29, 0.717) is 0 Å². The van der Waals surface area contributed by atoms with Gasteiger partial charge in [-0.3, -0.25) is 9.69 Å². The van der Waals surface area contributed by atoms with Crippen LogP contribution in [-0.4, -0.2) is 53.1 Å². The maximum atomic E-state index is 11.3. The predicted molar refractivity (Wildman–Crippen MR) is 41.4 cm³/mol. The topological polar surface area (TPSA) is 60.9 Å². The van der Waals surface area contributed by atoms with E-state index in [4.69, 9.17) is 0 Å². The van der Waals surface area contributed by atoms with Crippen LogP contribution in [0.4, 0.5) is 4.79 Å². The molecular formula is C7H12N2O3. The highest BCUT2D eigenvalue weighted by molar-refractivity contribution is 6.04. The Morgan fingerprint density at radius 3 is 2.08 bits per heavy atom. The van der Waals surface area contributed by atoms with Gasteiger partial charge in [0.2, 0.25) is 0 Å². The summed E-state index contributed by atoms with van der Waals surface area (Å²) in [5, 5.41) is 9.19. The lowest BCUT2D eigenvalue weighted by Gasteiger charge is -2.18. The molecule has 0 saturated carbocycles. The van der Waals surface area contributed by atoms with E-state index in [0.717, 1.165) is 4.90 Å². The second-order valence-electron chi connectivity index (χ2n) is 2.98. The van der Waals surface area contributed by atoms with Crippen LogP contribution >= 0.6 is 0 Å². The van der Waals surface area contributed by atoms with Crippen molar-refractivity contribution in [2.24, 2.45) is 0 Å². The molecule has 68 valence electrons. The lowest BCUT2D eigenvalue weighted by Crippen LogP contribution is -2.40. The van der Waals surface area contributed by atoms with Gasteiger partial charge in [0.25, 0.3) is 5.91 Å². The van der Waals surface area contributed by atoms with Crippen molar-refractivity contribution in [2.75, 3.05) is 14.1 Å². The van der Waals surface area contributed by atoms with Gasteiger partial charge in [0.15, 0.2) is 0 Å². The van der Waals surface area contributed by atoms with E-state index in [2.05, 4.69) is 0 Å². The highest BCUT2D eigenvalue weighted by Gasteiger charge is 2.43. The number of carbonyl (C=O) groups excluding carboxylic acids is 2. The average Bonchev–Trinajstić information content (AvgIpc) is 2.16. The minimum atomic E-state index is -0.823. The Morgan fingerprint density at radius 2 is 1.92 bits per heavy atom. The summed E-state index contributed by atoms with van der Waals surface area (Å²) in [6.45, 7) is 1.49. The van der Waals surface area contributed by atoms with E-state index in [1.165, 1.54) is 25.9 Å². The van der Waals surface area contributed by atoms with E-state index in [1.807, 2.05) is 0 Å². The predicted octanol–water partition coefficient (Wildman–Crippen LogP) is -0.740. The number of imide groups is 1. The SMILES string of the molecule is CC(O)C1C(=O)N(C)C(=O)N1C. The summed E-state index contributed by atoms with van der Waals surface area (Å²) in [4.78, 5) is 24.7. The standard InChI is InChI=1S/C7H12N2O3/c1-4(10)5-6(11)9(3)7(12)8(5)2/h4-5,10H,1-3H3. The number of likely N-dealkylation sites (N-methyl/N-ethyl adjacent to an activating group) is 2. The van der Waals surface area contributed by atoms with E-state index in [9.17, 15) is 14.7 Å². The summed E-state index contributed by atoms with van der Waals surface area (Å²) in [5.41, 5.74) is 0. The van der Waals surface area contributed by atoms with Gasteiger partial charge in [0, 0.05) is 14.1 Å². The Balaban J connectivity index is 2.91. The molecule has 2 unspecified atom stereocenters. The molecule has 1 N–H and O–H groups in total. The zero-order valence-corrected chi connectivity index (χ0v) is 7.31. The third-order valence-electron chi connectivity index (χ3n) is 2.05. The first-order chi connectivity index (χ1) is 5.46. The Hall–Kier alpha value is -1.10. The van der Waals surface area contributed by atoms with Crippen molar-refractivity contribution < 1.29 is 14.7 Å². The quantitative estimate of drug-likeness (QED) is 0.530. The Morgan fingerprint density at radius 1 is 1.42 bits per heavy atom. The van der Waals surface area contributed by atoms with E-state index in [1.54, 1.807) is 0 Å². The summed E-state index contributed by atoms with van der Waals surface area (Å²) in [5.74, 6) is -0.350. The molecule has 0 aromatic rings. The van der Waals surface area contributed by atoms with Gasteiger partial charge < -0.3 is 10.0 Å². The van der Waals surface area contributed by atoms with Crippen LogP contribution in [0.2, 0.25) is 0 Å². The molecular weight excluding hydrogens is 160 g/mol. The fraction of sp³-hybridized carbons (Fsp3) is 0.714. The molecule has 5 heteroatoms. The Bertz CT molecular complexity index is 227. The fourth-order valence-electron chi connectivity index (χ4n) is 1.34. The number of rotatable bonds is 1. The van der Waals surface area contributed by atoms with Crippen LogP contribution in [0.25, 0.3) is 0 Å². The molecule has 3 amide bonds. The first-order valence-corrected chi connectivity index (χ1v) is 3.69. The van der Waals surface area contributed by atoms with Crippen LogP contribution in [0.15, 0.2) is 0 Å². The van der Waals surface area contributed by atoms with Crippen molar-refractivity contribution in [1.82, 2.24) is 9.80 Å². The molecule has 1 fully saturated rings. The second-order valence-corrected chi connectivity index (χ2v) is 2.98. The number of aliphatic hydroxyl groups excluding tert-OH is 1. The van der Waals surface area contributed by atoms with Crippen molar-refractivity contribution in [3.8, 4) is 0 Å². The number of hydrogen-bond donors (Lipinski definition) is 1. The van der Waals surface area contributed by atoms with Crippen molar-refractivity contribution in [2.45, 2.75) is 19.1 Å². The van der Waals surface area contributed by atoms with Gasteiger partial charge in [-0.1, -0.05) is 0 Å². The van der Waals surface area contributed by atoms with Crippen molar-refractivity contribution in [1.29, 1.82) is 0 Å². The number of aliphatic hydroxyl groups is 1. The van der Waals surface area contributed by atoms with Crippen molar-refractivity contribution in [3.05, 3.63) is 0 Å². The lowest BCUT2D eigenvalue weighted by molar-refractivity contribution is -0.129.